The second kappa shape index (κ2) is 1.78. The Hall–Kier alpha value is -0.120. The maximum Gasteiger partial charge on any atom is 0.156 e. The van der Waals surface area contributed by atoms with Gasteiger partial charge < -0.3 is 15.6 Å². The van der Waals surface area contributed by atoms with E-state index < -0.39 is 6.29 Å². The second-order valence-electron chi connectivity index (χ2n) is 1.71. The van der Waals surface area contributed by atoms with E-state index in [9.17, 15) is 0 Å². The van der Waals surface area contributed by atoms with Crippen LogP contribution < -0.4 is 5.73 Å². The molecule has 3 nitrogen and oxygen atoms in total. The molecule has 0 aromatic heterocycles. The minimum atomic E-state index is -0.602. The summed E-state index contributed by atoms with van der Waals surface area (Å²) in [7, 11) is 0. The van der Waals surface area contributed by atoms with Crippen molar-refractivity contribution in [2.24, 2.45) is 5.73 Å². The molecule has 3 N–H and O–H groups in total. The van der Waals surface area contributed by atoms with E-state index in [4.69, 9.17) is 15.6 Å². The van der Waals surface area contributed by atoms with Crippen LogP contribution in [0.3, 0.4) is 0 Å². The summed E-state index contributed by atoms with van der Waals surface area (Å²) in [6.45, 7) is 0. The molecule has 42 valence electrons. The van der Waals surface area contributed by atoms with Crippen molar-refractivity contribution in [3.8, 4) is 0 Å². The van der Waals surface area contributed by atoms with Gasteiger partial charge in [0.2, 0.25) is 0 Å². The van der Waals surface area contributed by atoms with Gasteiger partial charge in [0, 0.05) is 6.42 Å². The first-order valence-electron chi connectivity index (χ1n) is 2.38. The molecule has 2 atom stereocenters. The highest BCUT2D eigenvalue weighted by Gasteiger charge is 2.18. The van der Waals surface area contributed by atoms with Gasteiger partial charge in [0.15, 0.2) is 6.29 Å². The number of hydrogen-bond donors (Lipinski definition) is 2. The van der Waals surface area contributed by atoms with Gasteiger partial charge >= 0.3 is 0 Å². The molecular weight excluding hydrogens is 94.0 g/mol. The summed E-state index contributed by atoms with van der Waals surface area (Å²) in [6.07, 6.45) is 0.632. The van der Waals surface area contributed by atoms with E-state index >= 15 is 0 Å². The standard InChI is InChI=1S/C4H9NO2/c5-3-1-2-4(6)7-3/h3-4,6H,1-2,5H2. The van der Waals surface area contributed by atoms with Crippen LogP contribution in [0.2, 0.25) is 0 Å². The van der Waals surface area contributed by atoms with E-state index in [2.05, 4.69) is 0 Å². The van der Waals surface area contributed by atoms with Gasteiger partial charge in [-0.25, -0.2) is 0 Å². The fourth-order valence-electron chi connectivity index (χ4n) is 0.645. The molecule has 0 aromatic carbocycles. The lowest BCUT2D eigenvalue weighted by Crippen LogP contribution is -2.19. The van der Waals surface area contributed by atoms with Crippen molar-refractivity contribution in [3.63, 3.8) is 0 Å². The van der Waals surface area contributed by atoms with Crippen LogP contribution >= 0.6 is 0 Å². The van der Waals surface area contributed by atoms with Gasteiger partial charge in [-0.2, -0.15) is 0 Å². The van der Waals surface area contributed by atoms with Crippen molar-refractivity contribution in [2.45, 2.75) is 25.4 Å². The van der Waals surface area contributed by atoms with Crippen LogP contribution in [0.4, 0.5) is 0 Å². The Morgan fingerprint density at radius 1 is 1.57 bits per heavy atom. The molecule has 1 aliphatic heterocycles. The monoisotopic (exact) mass is 103 g/mol. The molecule has 0 amide bonds. The fraction of sp³-hybridized carbons (Fsp3) is 1.00. The summed E-state index contributed by atoms with van der Waals surface area (Å²) >= 11 is 0. The average Bonchev–Trinajstić information content (AvgIpc) is 1.87. The van der Waals surface area contributed by atoms with Crippen LogP contribution in [0, 0.1) is 0 Å². The molecule has 1 fully saturated rings. The van der Waals surface area contributed by atoms with Gasteiger partial charge in [0.25, 0.3) is 0 Å². The third-order valence-electron chi connectivity index (χ3n) is 1.03. The zero-order valence-corrected chi connectivity index (χ0v) is 4.00. The van der Waals surface area contributed by atoms with E-state index in [1.165, 1.54) is 0 Å². The van der Waals surface area contributed by atoms with Gasteiger partial charge in [-0.05, 0) is 6.42 Å². The predicted molar refractivity (Wildman–Crippen MR) is 24.3 cm³/mol. The molecule has 0 radical (unpaired) electrons. The molecule has 1 aliphatic rings. The molecule has 0 saturated carbocycles. The zero-order chi connectivity index (χ0) is 5.28. The van der Waals surface area contributed by atoms with Gasteiger partial charge in [-0.1, -0.05) is 0 Å². The maximum atomic E-state index is 8.60. The van der Waals surface area contributed by atoms with E-state index in [0.29, 0.717) is 6.42 Å². The summed E-state index contributed by atoms with van der Waals surface area (Å²) in [5.41, 5.74) is 5.24. The molecule has 7 heavy (non-hydrogen) atoms. The Kier molecular flexibility index (Phi) is 1.27. The van der Waals surface area contributed by atoms with E-state index in [1.807, 2.05) is 0 Å². The third-order valence-corrected chi connectivity index (χ3v) is 1.03. The number of aliphatic hydroxyl groups excluding tert-OH is 1. The highest BCUT2D eigenvalue weighted by atomic mass is 16.6. The summed E-state index contributed by atoms with van der Waals surface area (Å²) in [5, 5.41) is 8.60. The fourth-order valence-corrected chi connectivity index (χ4v) is 0.645. The smallest absolute Gasteiger partial charge is 0.156 e. The van der Waals surface area contributed by atoms with Crippen LogP contribution in [0.25, 0.3) is 0 Å². The Labute approximate surface area is 42.1 Å². The molecule has 0 bridgehead atoms. The first-order valence-corrected chi connectivity index (χ1v) is 2.38. The lowest BCUT2D eigenvalue weighted by atomic mass is 10.3. The highest BCUT2D eigenvalue weighted by molar-refractivity contribution is 4.59. The molecule has 3 heteroatoms. The van der Waals surface area contributed by atoms with Gasteiger partial charge in [-0.3, -0.25) is 0 Å². The number of nitrogens with two attached hydrogens (primary N) is 1. The summed E-state index contributed by atoms with van der Waals surface area (Å²) < 4.78 is 4.69. The maximum absolute atomic E-state index is 8.60. The minimum absolute atomic E-state index is 0.227. The van der Waals surface area contributed by atoms with Gasteiger partial charge in [0.1, 0.15) is 6.23 Å². The molecule has 1 heterocycles. The molecule has 0 spiro atoms. The van der Waals surface area contributed by atoms with Crippen molar-refractivity contribution in [3.05, 3.63) is 0 Å². The van der Waals surface area contributed by atoms with Crippen LogP contribution in [0.5, 0.6) is 0 Å². The summed E-state index contributed by atoms with van der Waals surface area (Å²) in [4.78, 5) is 0. The van der Waals surface area contributed by atoms with Crippen molar-refractivity contribution < 1.29 is 9.84 Å². The van der Waals surface area contributed by atoms with E-state index in [-0.39, 0.29) is 6.23 Å². The Balaban J connectivity index is 2.26. The zero-order valence-electron chi connectivity index (χ0n) is 4.00. The van der Waals surface area contributed by atoms with Crippen molar-refractivity contribution >= 4 is 0 Å². The van der Waals surface area contributed by atoms with Gasteiger partial charge in [-0.15, -0.1) is 0 Å². The normalized spacial score (nSPS) is 42.0. The lowest BCUT2D eigenvalue weighted by Gasteiger charge is -2.00. The third kappa shape index (κ3) is 1.12. The molecule has 0 aromatic rings. The van der Waals surface area contributed by atoms with Crippen LogP contribution in [0.15, 0.2) is 0 Å². The molecule has 1 rings (SSSR count). The van der Waals surface area contributed by atoms with E-state index in [0.717, 1.165) is 6.42 Å². The molecule has 2 unspecified atom stereocenters. The first-order chi connectivity index (χ1) is 3.29. The van der Waals surface area contributed by atoms with Crippen molar-refractivity contribution in [1.82, 2.24) is 0 Å². The predicted octanol–water partition coefficient (Wildman–Crippen LogP) is -0.600. The number of hydrogen-bond acceptors (Lipinski definition) is 3. The van der Waals surface area contributed by atoms with Crippen molar-refractivity contribution in [2.75, 3.05) is 0 Å². The topological polar surface area (TPSA) is 55.5 Å². The number of ether oxygens (including phenoxy) is 1. The number of rotatable bonds is 0. The first kappa shape index (κ1) is 5.03. The SMILES string of the molecule is NC1CCC(O)O1. The Morgan fingerprint density at radius 2 is 2.29 bits per heavy atom. The Bertz CT molecular complexity index is 58.7. The highest BCUT2D eigenvalue weighted by Crippen LogP contribution is 2.12. The second-order valence-corrected chi connectivity index (χ2v) is 1.71. The molecular formula is C4H9NO2. The van der Waals surface area contributed by atoms with Crippen LogP contribution in [0.1, 0.15) is 12.8 Å². The largest absolute Gasteiger partial charge is 0.368 e. The summed E-state index contributed by atoms with van der Waals surface area (Å²) in [5.74, 6) is 0. The minimum Gasteiger partial charge on any atom is -0.368 e. The molecule has 0 aliphatic carbocycles. The van der Waals surface area contributed by atoms with Gasteiger partial charge in [0.05, 0.1) is 0 Å². The molecule has 1 saturated heterocycles. The Morgan fingerprint density at radius 3 is 2.43 bits per heavy atom. The van der Waals surface area contributed by atoms with Crippen LogP contribution in [-0.4, -0.2) is 17.6 Å². The number of aliphatic hydroxyl groups is 1. The lowest BCUT2D eigenvalue weighted by molar-refractivity contribution is -0.0881. The van der Waals surface area contributed by atoms with Crippen LogP contribution in [-0.2, 0) is 4.74 Å². The summed E-state index contributed by atoms with van der Waals surface area (Å²) in [6, 6.07) is 0. The quantitative estimate of drug-likeness (QED) is 0.430. The average molecular weight is 103 g/mol. The van der Waals surface area contributed by atoms with E-state index in [1.54, 1.807) is 0 Å². The van der Waals surface area contributed by atoms with Crippen molar-refractivity contribution in [1.29, 1.82) is 0 Å².